The van der Waals surface area contributed by atoms with E-state index in [4.69, 9.17) is 9.26 Å². The minimum Gasteiger partial charge on any atom is -0.368 e. The van der Waals surface area contributed by atoms with Crippen LogP contribution < -0.4 is 4.90 Å². The molecule has 0 amide bonds. The summed E-state index contributed by atoms with van der Waals surface area (Å²) in [5, 5.41) is 5.12. The minimum atomic E-state index is -0.610. The van der Waals surface area contributed by atoms with E-state index in [1.54, 1.807) is 19.6 Å². The van der Waals surface area contributed by atoms with Crippen molar-refractivity contribution in [3.8, 4) is 11.5 Å². The van der Waals surface area contributed by atoms with Crippen molar-refractivity contribution >= 4 is 16.9 Å². The molecule has 1 saturated heterocycles. The van der Waals surface area contributed by atoms with Gasteiger partial charge in [0, 0.05) is 45.4 Å². The van der Waals surface area contributed by atoms with Crippen molar-refractivity contribution in [1.82, 2.24) is 30.1 Å². The number of anilines is 1. The number of methoxy groups -OCH3 is 1. The molecule has 9 nitrogen and oxygen atoms in total. The van der Waals surface area contributed by atoms with Crippen molar-refractivity contribution < 1.29 is 9.26 Å². The summed E-state index contributed by atoms with van der Waals surface area (Å²) < 4.78 is 11.5. The largest absolute Gasteiger partial charge is 0.368 e. The first-order valence-corrected chi connectivity index (χ1v) is 9.13. The van der Waals surface area contributed by atoms with E-state index < -0.39 is 5.60 Å². The van der Waals surface area contributed by atoms with E-state index >= 15 is 0 Å². The van der Waals surface area contributed by atoms with Crippen LogP contribution in [0.3, 0.4) is 0 Å². The molecule has 1 N–H and O–H groups in total. The van der Waals surface area contributed by atoms with Crippen molar-refractivity contribution in [2.45, 2.75) is 18.4 Å². The quantitative estimate of drug-likeness (QED) is 0.578. The molecule has 0 bridgehead atoms. The highest BCUT2D eigenvalue weighted by Gasteiger charge is 2.42. The lowest BCUT2D eigenvalue weighted by atomic mass is 9.90. The third kappa shape index (κ3) is 2.71. The Morgan fingerprint density at radius 2 is 2.04 bits per heavy atom. The summed E-state index contributed by atoms with van der Waals surface area (Å²) in [6, 6.07) is 7.60. The molecule has 0 spiro atoms. The Morgan fingerprint density at radius 3 is 2.82 bits per heavy atom. The van der Waals surface area contributed by atoms with Gasteiger partial charge in [0.15, 0.2) is 0 Å². The lowest BCUT2D eigenvalue weighted by molar-refractivity contribution is -0.0582. The molecule has 0 atom stereocenters. The van der Waals surface area contributed by atoms with Gasteiger partial charge in [-0.15, -0.1) is 0 Å². The Labute approximate surface area is 160 Å². The van der Waals surface area contributed by atoms with E-state index in [1.807, 2.05) is 30.5 Å². The molecule has 0 saturated carbocycles. The van der Waals surface area contributed by atoms with Crippen LogP contribution in [0.5, 0.6) is 0 Å². The molecular formula is C19H19N7O2. The predicted octanol–water partition coefficient (Wildman–Crippen LogP) is 2.55. The lowest BCUT2D eigenvalue weighted by Crippen LogP contribution is -2.44. The maximum atomic E-state index is 5.89. The van der Waals surface area contributed by atoms with Crippen molar-refractivity contribution in [3.05, 3.63) is 48.9 Å². The molecule has 0 radical (unpaired) electrons. The second-order valence-electron chi connectivity index (χ2n) is 6.76. The summed E-state index contributed by atoms with van der Waals surface area (Å²) in [7, 11) is 1.69. The average Bonchev–Trinajstić information content (AvgIpc) is 3.44. The number of H-pyrrole nitrogens is 1. The molecule has 1 aliphatic rings. The molecule has 0 aromatic carbocycles. The van der Waals surface area contributed by atoms with Crippen LogP contribution in [0, 0.1) is 0 Å². The monoisotopic (exact) mass is 377 g/mol. The van der Waals surface area contributed by atoms with Crippen LogP contribution in [-0.2, 0) is 10.3 Å². The molecule has 5 rings (SSSR count). The lowest BCUT2D eigenvalue weighted by Gasteiger charge is -2.38. The number of hydrogen-bond acceptors (Lipinski definition) is 8. The zero-order chi connectivity index (χ0) is 19.0. The van der Waals surface area contributed by atoms with Crippen LogP contribution in [0.4, 0.5) is 5.82 Å². The maximum Gasteiger partial charge on any atom is 0.259 e. The molecule has 1 aliphatic heterocycles. The summed E-state index contributed by atoms with van der Waals surface area (Å²) in [5.74, 6) is 1.89. The van der Waals surface area contributed by atoms with E-state index in [0.717, 1.165) is 29.9 Å². The van der Waals surface area contributed by atoms with Crippen molar-refractivity contribution in [1.29, 1.82) is 0 Å². The van der Waals surface area contributed by atoms with Crippen molar-refractivity contribution in [3.63, 3.8) is 0 Å². The normalized spacial score (nSPS) is 16.5. The van der Waals surface area contributed by atoms with E-state index in [0.29, 0.717) is 30.3 Å². The number of nitrogens with zero attached hydrogens (tertiary/aromatic N) is 6. The summed E-state index contributed by atoms with van der Waals surface area (Å²) in [6.45, 7) is 1.51. The predicted molar refractivity (Wildman–Crippen MR) is 102 cm³/mol. The number of nitrogens with one attached hydrogen (secondary N) is 1. The first-order chi connectivity index (χ1) is 13.8. The van der Waals surface area contributed by atoms with Gasteiger partial charge < -0.3 is 19.1 Å². The van der Waals surface area contributed by atoms with Gasteiger partial charge in [0.2, 0.25) is 5.82 Å². The Hall–Kier alpha value is -3.33. The van der Waals surface area contributed by atoms with E-state index in [1.165, 1.54) is 0 Å². The van der Waals surface area contributed by atoms with Gasteiger partial charge in [-0.1, -0.05) is 11.2 Å². The van der Waals surface area contributed by atoms with Gasteiger partial charge >= 0.3 is 0 Å². The fourth-order valence-electron chi connectivity index (χ4n) is 3.70. The van der Waals surface area contributed by atoms with Gasteiger partial charge in [0.25, 0.3) is 5.89 Å². The summed E-state index contributed by atoms with van der Waals surface area (Å²) in [6.07, 6.45) is 6.60. The van der Waals surface area contributed by atoms with E-state index in [9.17, 15) is 0 Å². The van der Waals surface area contributed by atoms with Crippen LogP contribution in [0.15, 0.2) is 47.5 Å². The first-order valence-electron chi connectivity index (χ1n) is 9.13. The Balaban J connectivity index is 1.39. The molecular weight excluding hydrogens is 358 g/mol. The number of rotatable bonds is 4. The van der Waals surface area contributed by atoms with Crippen LogP contribution in [-0.4, -0.2) is 50.3 Å². The number of fused-ring (bicyclic) bond motifs is 1. The van der Waals surface area contributed by atoms with Crippen LogP contribution in [0.25, 0.3) is 22.6 Å². The van der Waals surface area contributed by atoms with Gasteiger partial charge in [-0.25, -0.2) is 9.97 Å². The average molecular weight is 377 g/mol. The van der Waals surface area contributed by atoms with Gasteiger partial charge in [-0.05, 0) is 18.2 Å². The van der Waals surface area contributed by atoms with Crippen LogP contribution >= 0.6 is 0 Å². The molecule has 4 aromatic rings. The van der Waals surface area contributed by atoms with Crippen LogP contribution in [0.2, 0.25) is 0 Å². The highest BCUT2D eigenvalue weighted by atomic mass is 16.5. The number of pyridine rings is 1. The molecule has 0 aliphatic carbocycles. The van der Waals surface area contributed by atoms with Crippen molar-refractivity contribution in [2.24, 2.45) is 0 Å². The smallest absolute Gasteiger partial charge is 0.259 e. The topological polar surface area (TPSA) is 106 Å². The second-order valence-corrected chi connectivity index (χ2v) is 6.76. The highest BCUT2D eigenvalue weighted by Crippen LogP contribution is 2.38. The Kier molecular flexibility index (Phi) is 4.01. The van der Waals surface area contributed by atoms with Crippen LogP contribution in [0.1, 0.15) is 18.7 Å². The maximum absolute atomic E-state index is 5.89. The van der Waals surface area contributed by atoms with Gasteiger partial charge in [0.05, 0.1) is 5.39 Å². The second kappa shape index (κ2) is 6.68. The zero-order valence-corrected chi connectivity index (χ0v) is 15.4. The van der Waals surface area contributed by atoms with Gasteiger partial charge in [0.1, 0.15) is 29.1 Å². The molecule has 9 heteroatoms. The molecule has 1 fully saturated rings. The van der Waals surface area contributed by atoms with E-state index in [-0.39, 0.29) is 0 Å². The molecule has 142 valence electrons. The summed E-state index contributed by atoms with van der Waals surface area (Å²) >= 11 is 0. The third-order valence-corrected chi connectivity index (χ3v) is 5.30. The van der Waals surface area contributed by atoms with Gasteiger partial charge in [-0.3, -0.25) is 4.98 Å². The summed E-state index contributed by atoms with van der Waals surface area (Å²) in [5.41, 5.74) is 0.906. The molecule has 5 heterocycles. The minimum absolute atomic E-state index is 0.472. The molecule has 4 aromatic heterocycles. The van der Waals surface area contributed by atoms with E-state index in [2.05, 4.69) is 35.0 Å². The SMILES string of the molecule is COC1(c2nc(-c3ccccn3)no2)CCN(c2ncnc3[nH]ccc23)CC1. The van der Waals surface area contributed by atoms with Gasteiger partial charge in [-0.2, -0.15) is 4.98 Å². The number of aromatic nitrogens is 6. The number of hydrogen-bond donors (Lipinski definition) is 1. The fraction of sp³-hybridized carbons (Fsp3) is 0.316. The zero-order valence-electron chi connectivity index (χ0n) is 15.4. The standard InChI is InChI=1S/C19H19N7O2/c1-27-19(18-24-16(25-28-18)14-4-2-3-8-20-14)6-10-26(11-7-19)17-13-5-9-21-15(13)22-12-23-17/h2-5,8-9,12H,6-7,10-11H2,1H3,(H,21,22,23). The number of ether oxygens (including phenoxy) is 1. The summed E-state index contributed by atoms with van der Waals surface area (Å²) in [4.78, 5) is 23.0. The molecule has 0 unspecified atom stereocenters. The molecule has 28 heavy (non-hydrogen) atoms. The third-order valence-electron chi connectivity index (χ3n) is 5.30. The Morgan fingerprint density at radius 1 is 1.14 bits per heavy atom. The van der Waals surface area contributed by atoms with Crippen molar-refractivity contribution in [2.75, 3.05) is 25.1 Å². The number of piperidine rings is 1. The highest BCUT2D eigenvalue weighted by molar-refractivity contribution is 5.87. The first kappa shape index (κ1) is 16.8. The fourth-order valence-corrected chi connectivity index (χ4v) is 3.70. The Bertz CT molecular complexity index is 1080. The number of aromatic amines is 1.